The van der Waals surface area contributed by atoms with Gasteiger partial charge in [0.2, 0.25) is 0 Å². The fraction of sp³-hybridized carbons (Fsp3) is 0.444. The Bertz CT molecular complexity index is 261. The second-order valence-electron chi connectivity index (χ2n) is 2.98. The number of alkyl halides is 1. The van der Waals surface area contributed by atoms with Crippen LogP contribution < -0.4 is 5.32 Å². The number of nitrogens with one attached hydrogen (secondary N) is 1. The van der Waals surface area contributed by atoms with Crippen molar-refractivity contribution >= 4 is 33.2 Å². The predicted molar refractivity (Wildman–Crippen MR) is 59.6 cm³/mol. The van der Waals surface area contributed by atoms with E-state index in [2.05, 4.69) is 28.2 Å². The van der Waals surface area contributed by atoms with Crippen LogP contribution in [0.2, 0.25) is 0 Å². The zero-order valence-corrected chi connectivity index (χ0v) is 9.82. The maximum absolute atomic E-state index is 11.4. The summed E-state index contributed by atoms with van der Waals surface area (Å²) >= 11 is 4.90. The largest absolute Gasteiger partial charge is 0.352 e. The molecule has 0 saturated carbocycles. The molecular formula is C9H12BrNOS. The summed E-state index contributed by atoms with van der Waals surface area (Å²) in [6.45, 7) is 2.81. The number of carbonyl (C=O) groups excluding carboxylic acids is 1. The van der Waals surface area contributed by atoms with Crippen LogP contribution in [0.15, 0.2) is 16.8 Å². The Hall–Kier alpha value is -0.350. The van der Waals surface area contributed by atoms with Gasteiger partial charge in [-0.05, 0) is 17.4 Å². The first-order valence-corrected chi connectivity index (χ1v) is 6.17. The number of halogens is 1. The highest BCUT2D eigenvalue weighted by Crippen LogP contribution is 2.05. The highest BCUT2D eigenvalue weighted by atomic mass is 79.9. The third-order valence-electron chi connectivity index (χ3n) is 1.66. The van der Waals surface area contributed by atoms with E-state index in [1.165, 1.54) is 11.3 Å². The van der Waals surface area contributed by atoms with Gasteiger partial charge >= 0.3 is 0 Å². The first kappa shape index (κ1) is 10.7. The number of amides is 1. The fourth-order valence-corrected chi connectivity index (χ4v) is 1.68. The smallest absolute Gasteiger partial charge is 0.252 e. The summed E-state index contributed by atoms with van der Waals surface area (Å²) in [5, 5.41) is 7.55. The maximum Gasteiger partial charge on any atom is 0.252 e. The summed E-state index contributed by atoms with van der Waals surface area (Å²) < 4.78 is 0. The fourth-order valence-electron chi connectivity index (χ4n) is 0.817. The molecule has 72 valence electrons. The molecule has 0 radical (unpaired) electrons. The van der Waals surface area contributed by atoms with E-state index >= 15 is 0 Å². The molecule has 0 fully saturated rings. The molecule has 13 heavy (non-hydrogen) atoms. The Morgan fingerprint density at radius 2 is 2.54 bits per heavy atom. The molecule has 1 heterocycles. The van der Waals surface area contributed by atoms with Crippen LogP contribution in [0.5, 0.6) is 0 Å². The van der Waals surface area contributed by atoms with Gasteiger partial charge in [-0.15, -0.1) is 0 Å². The van der Waals surface area contributed by atoms with Crippen LogP contribution in [0.25, 0.3) is 0 Å². The lowest BCUT2D eigenvalue weighted by atomic mass is 10.2. The molecule has 1 rings (SSSR count). The van der Waals surface area contributed by atoms with Crippen molar-refractivity contribution in [3.63, 3.8) is 0 Å². The SMILES string of the molecule is CC(CBr)CNC(=O)c1ccsc1. The van der Waals surface area contributed by atoms with Gasteiger partial charge in [-0.3, -0.25) is 4.79 Å². The van der Waals surface area contributed by atoms with Crippen LogP contribution in [0, 0.1) is 5.92 Å². The van der Waals surface area contributed by atoms with E-state index in [9.17, 15) is 4.79 Å². The van der Waals surface area contributed by atoms with Gasteiger partial charge in [0, 0.05) is 22.8 Å². The Morgan fingerprint density at radius 1 is 1.77 bits per heavy atom. The molecule has 1 amide bonds. The van der Waals surface area contributed by atoms with E-state index < -0.39 is 0 Å². The summed E-state index contributed by atoms with van der Waals surface area (Å²) in [6, 6.07) is 1.83. The van der Waals surface area contributed by atoms with E-state index in [-0.39, 0.29) is 5.91 Å². The molecule has 0 spiro atoms. The Labute approximate surface area is 90.5 Å². The molecule has 1 unspecified atom stereocenters. The second kappa shape index (κ2) is 5.40. The lowest BCUT2D eigenvalue weighted by Gasteiger charge is -2.08. The standard InChI is InChI=1S/C9H12BrNOS/c1-7(4-10)5-11-9(12)8-2-3-13-6-8/h2-3,6-7H,4-5H2,1H3,(H,11,12). The average Bonchev–Trinajstić information content (AvgIpc) is 2.66. The molecule has 0 saturated heterocycles. The second-order valence-corrected chi connectivity index (χ2v) is 4.41. The normalized spacial score (nSPS) is 12.5. The van der Waals surface area contributed by atoms with Gasteiger partial charge in [-0.2, -0.15) is 11.3 Å². The van der Waals surface area contributed by atoms with Gasteiger partial charge in [-0.1, -0.05) is 22.9 Å². The van der Waals surface area contributed by atoms with Crippen LogP contribution in [-0.2, 0) is 0 Å². The lowest BCUT2D eigenvalue weighted by molar-refractivity contribution is 0.0950. The quantitative estimate of drug-likeness (QED) is 0.830. The van der Waals surface area contributed by atoms with Gasteiger partial charge in [0.05, 0.1) is 0 Å². The molecule has 0 aliphatic heterocycles. The molecule has 1 N–H and O–H groups in total. The topological polar surface area (TPSA) is 29.1 Å². The van der Waals surface area contributed by atoms with E-state index in [0.29, 0.717) is 5.92 Å². The van der Waals surface area contributed by atoms with E-state index in [1.54, 1.807) is 0 Å². The first-order chi connectivity index (χ1) is 6.24. The zero-order valence-electron chi connectivity index (χ0n) is 7.42. The monoisotopic (exact) mass is 261 g/mol. The van der Waals surface area contributed by atoms with Crippen LogP contribution in [-0.4, -0.2) is 17.8 Å². The summed E-state index contributed by atoms with van der Waals surface area (Å²) in [5.74, 6) is 0.497. The molecule has 0 aliphatic carbocycles. The van der Waals surface area contributed by atoms with Crippen LogP contribution in [0.4, 0.5) is 0 Å². The van der Waals surface area contributed by atoms with Crippen molar-refractivity contribution in [1.29, 1.82) is 0 Å². The summed E-state index contributed by atoms with van der Waals surface area (Å²) in [4.78, 5) is 11.4. The molecule has 0 bridgehead atoms. The molecule has 1 atom stereocenters. The Balaban J connectivity index is 2.35. The molecule has 2 nitrogen and oxygen atoms in total. The van der Waals surface area contributed by atoms with Crippen molar-refractivity contribution in [3.8, 4) is 0 Å². The van der Waals surface area contributed by atoms with Crippen LogP contribution in [0.3, 0.4) is 0 Å². The van der Waals surface area contributed by atoms with Crippen molar-refractivity contribution in [2.45, 2.75) is 6.92 Å². The van der Waals surface area contributed by atoms with E-state index in [1.807, 2.05) is 16.8 Å². The third-order valence-corrected chi connectivity index (χ3v) is 3.45. The van der Waals surface area contributed by atoms with E-state index in [0.717, 1.165) is 17.4 Å². The number of thiophene rings is 1. The highest BCUT2D eigenvalue weighted by molar-refractivity contribution is 9.09. The number of rotatable bonds is 4. The highest BCUT2D eigenvalue weighted by Gasteiger charge is 2.06. The third kappa shape index (κ3) is 3.48. The van der Waals surface area contributed by atoms with Crippen molar-refractivity contribution in [1.82, 2.24) is 5.32 Å². The first-order valence-electron chi connectivity index (χ1n) is 4.10. The van der Waals surface area contributed by atoms with Gasteiger partial charge in [0.1, 0.15) is 0 Å². The van der Waals surface area contributed by atoms with Crippen molar-refractivity contribution < 1.29 is 4.79 Å². The number of hydrogen-bond acceptors (Lipinski definition) is 2. The van der Waals surface area contributed by atoms with E-state index in [4.69, 9.17) is 0 Å². The van der Waals surface area contributed by atoms with Crippen molar-refractivity contribution in [2.24, 2.45) is 5.92 Å². The zero-order chi connectivity index (χ0) is 9.68. The minimum absolute atomic E-state index is 0.0223. The maximum atomic E-state index is 11.4. The van der Waals surface area contributed by atoms with Gasteiger partial charge in [0.25, 0.3) is 5.91 Å². The van der Waals surface area contributed by atoms with Crippen LogP contribution in [0.1, 0.15) is 17.3 Å². The number of carbonyl (C=O) groups is 1. The average molecular weight is 262 g/mol. The Kier molecular flexibility index (Phi) is 4.45. The molecule has 1 aromatic rings. The predicted octanol–water partition coefficient (Wildman–Crippen LogP) is 2.51. The minimum Gasteiger partial charge on any atom is -0.352 e. The molecule has 4 heteroatoms. The van der Waals surface area contributed by atoms with Gasteiger partial charge in [0.15, 0.2) is 0 Å². The number of hydrogen-bond donors (Lipinski definition) is 1. The van der Waals surface area contributed by atoms with Gasteiger partial charge < -0.3 is 5.32 Å². The molecular weight excluding hydrogens is 250 g/mol. The minimum atomic E-state index is 0.0223. The lowest BCUT2D eigenvalue weighted by Crippen LogP contribution is -2.28. The molecule has 0 aliphatic rings. The summed E-state index contributed by atoms with van der Waals surface area (Å²) in [5.41, 5.74) is 0.756. The van der Waals surface area contributed by atoms with Crippen molar-refractivity contribution in [3.05, 3.63) is 22.4 Å². The van der Waals surface area contributed by atoms with Gasteiger partial charge in [-0.25, -0.2) is 0 Å². The molecule has 1 aromatic heterocycles. The van der Waals surface area contributed by atoms with Crippen LogP contribution >= 0.6 is 27.3 Å². The van der Waals surface area contributed by atoms with Crippen molar-refractivity contribution in [2.75, 3.05) is 11.9 Å². The summed E-state index contributed by atoms with van der Waals surface area (Å²) in [7, 11) is 0. The molecule has 0 aromatic carbocycles. The summed E-state index contributed by atoms with van der Waals surface area (Å²) in [6.07, 6.45) is 0. The Morgan fingerprint density at radius 3 is 3.08 bits per heavy atom.